The number of carbonyl (C=O) groups excluding carboxylic acids is 1. The first-order valence-corrected chi connectivity index (χ1v) is 8.46. The molecule has 136 valence electrons. The molecular weight excluding hydrogens is 320 g/mol. The lowest BCUT2D eigenvalue weighted by Gasteiger charge is -2.34. The van der Waals surface area contributed by atoms with Crippen LogP contribution in [0.2, 0.25) is 0 Å². The van der Waals surface area contributed by atoms with Gasteiger partial charge in [-0.05, 0) is 13.0 Å². The van der Waals surface area contributed by atoms with Crippen molar-refractivity contribution in [3.63, 3.8) is 0 Å². The summed E-state index contributed by atoms with van der Waals surface area (Å²) in [5.74, 6) is -0.0218. The van der Waals surface area contributed by atoms with E-state index in [0.29, 0.717) is 6.61 Å². The minimum absolute atomic E-state index is 0.0218. The second-order valence-corrected chi connectivity index (χ2v) is 6.86. The Labute approximate surface area is 147 Å². The van der Waals surface area contributed by atoms with Gasteiger partial charge in [0.05, 0.1) is 24.3 Å². The summed E-state index contributed by atoms with van der Waals surface area (Å²) in [7, 11) is 5.49. The van der Waals surface area contributed by atoms with Gasteiger partial charge in [-0.2, -0.15) is 5.10 Å². The molecule has 1 aliphatic rings. The van der Waals surface area contributed by atoms with Crippen molar-refractivity contribution in [2.24, 2.45) is 7.05 Å². The van der Waals surface area contributed by atoms with E-state index in [0.717, 1.165) is 36.6 Å². The van der Waals surface area contributed by atoms with E-state index in [2.05, 4.69) is 30.7 Å². The monoisotopic (exact) mass is 346 g/mol. The molecule has 0 saturated carbocycles. The number of aromatic nitrogens is 4. The van der Waals surface area contributed by atoms with Gasteiger partial charge in [0.25, 0.3) is 0 Å². The Morgan fingerprint density at radius 3 is 2.96 bits per heavy atom. The van der Waals surface area contributed by atoms with E-state index in [1.807, 2.05) is 20.3 Å². The highest BCUT2D eigenvalue weighted by molar-refractivity contribution is 5.76. The fourth-order valence-corrected chi connectivity index (χ4v) is 3.10. The highest BCUT2D eigenvalue weighted by Gasteiger charge is 2.29. The molecule has 8 heteroatoms. The molecule has 1 N–H and O–H groups in total. The molecule has 0 spiro atoms. The number of imidazole rings is 1. The Bertz CT molecular complexity index is 735. The van der Waals surface area contributed by atoms with Crippen molar-refractivity contribution in [2.45, 2.75) is 32.5 Å². The first kappa shape index (κ1) is 17.6. The third-order valence-corrected chi connectivity index (χ3v) is 4.60. The summed E-state index contributed by atoms with van der Waals surface area (Å²) < 4.78 is 7.78. The van der Waals surface area contributed by atoms with Gasteiger partial charge in [0.1, 0.15) is 6.61 Å². The molecule has 0 fully saturated rings. The number of aromatic amines is 1. The smallest absolute Gasteiger partial charge is 0.248 e. The van der Waals surface area contributed by atoms with Gasteiger partial charge in [0, 0.05) is 58.1 Å². The molecule has 25 heavy (non-hydrogen) atoms. The number of aryl methyl sites for hydroxylation is 2. The summed E-state index contributed by atoms with van der Waals surface area (Å²) in [6.07, 6.45) is 2.71. The highest BCUT2D eigenvalue weighted by Crippen LogP contribution is 2.24. The normalized spacial score (nSPS) is 17.5. The lowest BCUT2D eigenvalue weighted by molar-refractivity contribution is -0.134. The molecule has 8 nitrogen and oxygen atoms in total. The van der Waals surface area contributed by atoms with Crippen molar-refractivity contribution in [1.82, 2.24) is 29.5 Å². The van der Waals surface area contributed by atoms with Crippen LogP contribution >= 0.6 is 0 Å². The maximum absolute atomic E-state index is 11.7. The number of carbonyl (C=O) groups is 1. The van der Waals surface area contributed by atoms with Crippen LogP contribution in [-0.4, -0.2) is 68.8 Å². The van der Waals surface area contributed by atoms with E-state index in [9.17, 15) is 4.79 Å². The highest BCUT2D eigenvalue weighted by atomic mass is 16.5. The summed E-state index contributed by atoms with van der Waals surface area (Å²) in [6.45, 7) is 4.11. The van der Waals surface area contributed by atoms with Crippen LogP contribution in [0.5, 0.6) is 0 Å². The van der Waals surface area contributed by atoms with E-state index in [4.69, 9.17) is 4.74 Å². The number of ether oxygens (including phenoxy) is 1. The summed E-state index contributed by atoms with van der Waals surface area (Å²) in [5.41, 5.74) is 4.40. The van der Waals surface area contributed by atoms with Gasteiger partial charge in [0.15, 0.2) is 0 Å². The molecule has 1 unspecified atom stereocenters. The van der Waals surface area contributed by atoms with Crippen molar-refractivity contribution in [2.75, 3.05) is 27.3 Å². The number of nitrogens with one attached hydrogen (secondary N) is 1. The Morgan fingerprint density at radius 1 is 1.48 bits per heavy atom. The number of H-pyrrole nitrogens is 1. The molecule has 1 atom stereocenters. The maximum atomic E-state index is 11.7. The summed E-state index contributed by atoms with van der Waals surface area (Å²) in [4.78, 5) is 20.1. The molecule has 2 aromatic heterocycles. The molecule has 0 saturated heterocycles. The number of fused-ring (bicyclic) bond motifs is 1. The van der Waals surface area contributed by atoms with E-state index >= 15 is 0 Å². The van der Waals surface area contributed by atoms with Crippen LogP contribution in [-0.2, 0) is 36.1 Å². The van der Waals surface area contributed by atoms with Crippen molar-refractivity contribution >= 4 is 5.91 Å². The Morgan fingerprint density at radius 2 is 2.28 bits per heavy atom. The number of likely N-dealkylation sites (N-methyl/N-ethyl adjacent to an activating group) is 1. The molecule has 2 aromatic rings. The van der Waals surface area contributed by atoms with Gasteiger partial charge in [-0.3, -0.25) is 14.8 Å². The predicted molar refractivity (Wildman–Crippen MR) is 92.8 cm³/mol. The van der Waals surface area contributed by atoms with Gasteiger partial charge in [-0.15, -0.1) is 0 Å². The van der Waals surface area contributed by atoms with Crippen LogP contribution < -0.4 is 0 Å². The van der Waals surface area contributed by atoms with Crippen LogP contribution in [0.4, 0.5) is 0 Å². The molecule has 3 rings (SSSR count). The summed E-state index contributed by atoms with van der Waals surface area (Å²) in [5, 5.41) is 7.33. The Balaban J connectivity index is 1.69. The average molecular weight is 346 g/mol. The minimum atomic E-state index is -0.0218. The second kappa shape index (κ2) is 7.37. The van der Waals surface area contributed by atoms with Crippen LogP contribution in [0.1, 0.15) is 22.8 Å². The molecule has 0 aromatic carbocycles. The summed E-state index contributed by atoms with van der Waals surface area (Å²) in [6, 6.07) is 2.25. The van der Waals surface area contributed by atoms with E-state index in [-0.39, 0.29) is 18.6 Å². The minimum Gasteiger partial charge on any atom is -0.370 e. The van der Waals surface area contributed by atoms with Crippen LogP contribution in [0.15, 0.2) is 12.4 Å². The Kier molecular flexibility index (Phi) is 5.19. The van der Waals surface area contributed by atoms with Gasteiger partial charge < -0.3 is 14.2 Å². The topological polar surface area (TPSA) is 79.3 Å². The fraction of sp³-hybridized carbons (Fsp3) is 0.588. The van der Waals surface area contributed by atoms with Crippen LogP contribution in [0.3, 0.4) is 0 Å². The van der Waals surface area contributed by atoms with Crippen molar-refractivity contribution in [1.29, 1.82) is 0 Å². The quantitative estimate of drug-likeness (QED) is 0.823. The molecule has 1 amide bonds. The van der Waals surface area contributed by atoms with Crippen LogP contribution in [0.25, 0.3) is 0 Å². The maximum Gasteiger partial charge on any atom is 0.248 e. The van der Waals surface area contributed by atoms with E-state index in [1.165, 1.54) is 5.69 Å². The number of rotatable bonds is 6. The Hall–Kier alpha value is -2.19. The third-order valence-electron chi connectivity index (χ3n) is 4.60. The average Bonchev–Trinajstić information content (AvgIpc) is 3.13. The molecule has 1 aliphatic heterocycles. The van der Waals surface area contributed by atoms with Crippen LogP contribution in [0, 0.1) is 6.92 Å². The molecule has 0 radical (unpaired) electrons. The van der Waals surface area contributed by atoms with Gasteiger partial charge in [-0.25, -0.2) is 4.98 Å². The van der Waals surface area contributed by atoms with E-state index in [1.54, 1.807) is 19.0 Å². The number of hydrogen-bond acceptors (Lipinski definition) is 5. The predicted octanol–water partition coefficient (Wildman–Crippen LogP) is 0.483. The van der Waals surface area contributed by atoms with Crippen molar-refractivity contribution in [3.05, 3.63) is 35.2 Å². The van der Waals surface area contributed by atoms with Crippen molar-refractivity contribution in [3.8, 4) is 0 Å². The van der Waals surface area contributed by atoms with Crippen molar-refractivity contribution < 1.29 is 9.53 Å². The zero-order chi connectivity index (χ0) is 18.0. The third kappa shape index (κ3) is 4.08. The van der Waals surface area contributed by atoms with Gasteiger partial charge in [-0.1, -0.05) is 0 Å². The number of nitrogens with zero attached hydrogens (tertiary/aromatic N) is 5. The molecule has 3 heterocycles. The molecular formula is C17H26N6O2. The first-order valence-electron chi connectivity index (χ1n) is 8.46. The molecule has 0 bridgehead atoms. The molecule has 0 aliphatic carbocycles. The lowest BCUT2D eigenvalue weighted by atomic mass is 10.0. The fourth-order valence-electron chi connectivity index (χ4n) is 3.10. The zero-order valence-corrected chi connectivity index (χ0v) is 15.3. The van der Waals surface area contributed by atoms with Gasteiger partial charge >= 0.3 is 0 Å². The standard InChI is InChI=1S/C17H26N6O2/c1-12-5-13(20-19-12)7-23-8-15-16(22(4)11-18-15)6-14(23)9-25-10-17(24)21(2)3/h5,11,14H,6-10H2,1-4H3,(H,19,20). The van der Waals surface area contributed by atoms with E-state index < -0.39 is 0 Å². The van der Waals surface area contributed by atoms with Gasteiger partial charge in [0.2, 0.25) is 5.91 Å². The first-order chi connectivity index (χ1) is 11.9. The number of hydrogen-bond donors (Lipinski definition) is 1. The zero-order valence-electron chi connectivity index (χ0n) is 15.3. The second-order valence-electron chi connectivity index (χ2n) is 6.86. The summed E-state index contributed by atoms with van der Waals surface area (Å²) >= 11 is 0. The number of amides is 1. The SMILES string of the molecule is Cc1cc(CN2Cc3ncn(C)c3CC2COCC(=O)N(C)C)n[nH]1. The lowest BCUT2D eigenvalue weighted by Crippen LogP contribution is -2.44. The largest absolute Gasteiger partial charge is 0.370 e.